The zero-order valence-corrected chi connectivity index (χ0v) is 13.7. The predicted molar refractivity (Wildman–Crippen MR) is 77.1 cm³/mol. The molecule has 7 heteroatoms. The van der Waals surface area contributed by atoms with Gasteiger partial charge in [0.2, 0.25) is 0 Å². The van der Waals surface area contributed by atoms with Crippen molar-refractivity contribution < 1.29 is 9.16 Å². The van der Waals surface area contributed by atoms with Crippen molar-refractivity contribution in [2.45, 2.75) is 23.2 Å². The average Bonchev–Trinajstić information content (AvgIpc) is 2.36. The topological polar surface area (TPSA) is 24.9 Å². The Hall–Kier alpha value is 0.637. The summed E-state index contributed by atoms with van der Waals surface area (Å²) >= 11 is 12.5. The molecule has 0 aromatic heterocycles. The van der Waals surface area contributed by atoms with E-state index in [9.17, 15) is 0 Å². The molecule has 0 saturated carbocycles. The molecule has 2 rings (SSSR count). The van der Waals surface area contributed by atoms with Crippen LogP contribution in [0.3, 0.4) is 0 Å². The van der Waals surface area contributed by atoms with Gasteiger partial charge in [0.25, 0.3) is 0 Å². The molecule has 2 aliphatic heterocycles. The first-order valence-electron chi connectivity index (χ1n) is 6.52. The standard InChI is InChI=1S/C11H22Cl2N2O2Si/c1-14-3-5-15(6-4-14)10-8-16-7-9(12)11(13)18(2)17-10/h9-11,18H,3-8H2,1-2H3. The van der Waals surface area contributed by atoms with Gasteiger partial charge in [0.05, 0.1) is 23.6 Å². The second-order valence-corrected chi connectivity index (χ2v) is 9.02. The van der Waals surface area contributed by atoms with Gasteiger partial charge in [-0.1, -0.05) is 0 Å². The van der Waals surface area contributed by atoms with Gasteiger partial charge in [0.15, 0.2) is 9.04 Å². The van der Waals surface area contributed by atoms with Gasteiger partial charge < -0.3 is 14.1 Å². The Balaban J connectivity index is 1.92. The van der Waals surface area contributed by atoms with Crippen LogP contribution >= 0.6 is 23.2 Å². The Morgan fingerprint density at radius 2 is 1.78 bits per heavy atom. The number of halogens is 2. The summed E-state index contributed by atoms with van der Waals surface area (Å²) in [6.07, 6.45) is 0.0609. The minimum absolute atomic E-state index is 0.0609. The number of piperazine rings is 1. The second kappa shape index (κ2) is 6.88. The summed E-state index contributed by atoms with van der Waals surface area (Å²) in [4.78, 5) is 4.70. The number of rotatable bonds is 1. The van der Waals surface area contributed by atoms with Crippen molar-refractivity contribution in [3.05, 3.63) is 0 Å². The van der Waals surface area contributed by atoms with E-state index >= 15 is 0 Å². The van der Waals surface area contributed by atoms with E-state index in [2.05, 4.69) is 23.4 Å². The Morgan fingerprint density at radius 3 is 2.44 bits per heavy atom. The van der Waals surface area contributed by atoms with E-state index < -0.39 is 9.04 Å². The third kappa shape index (κ3) is 3.82. The van der Waals surface area contributed by atoms with Crippen LogP contribution in [0.1, 0.15) is 0 Å². The summed E-state index contributed by atoms with van der Waals surface area (Å²) < 4.78 is 11.8. The van der Waals surface area contributed by atoms with Crippen molar-refractivity contribution in [3.8, 4) is 0 Å². The van der Waals surface area contributed by atoms with Crippen LogP contribution in [-0.2, 0) is 9.16 Å². The van der Waals surface area contributed by atoms with E-state index in [1.807, 2.05) is 0 Å². The third-order valence-corrected chi connectivity index (χ3v) is 7.89. The molecule has 2 saturated heterocycles. The Bertz CT molecular complexity index is 267. The molecule has 0 spiro atoms. The molecule has 0 radical (unpaired) electrons. The summed E-state index contributed by atoms with van der Waals surface area (Å²) in [6, 6.07) is 0. The molecule has 4 unspecified atom stereocenters. The van der Waals surface area contributed by atoms with Gasteiger partial charge in [-0.15, -0.1) is 23.2 Å². The molecular formula is C11H22Cl2N2O2Si. The number of hydrogen-bond acceptors (Lipinski definition) is 4. The fraction of sp³-hybridized carbons (Fsp3) is 1.00. The van der Waals surface area contributed by atoms with Crippen LogP contribution in [-0.4, -0.2) is 81.9 Å². The molecule has 0 aromatic rings. The lowest BCUT2D eigenvalue weighted by Crippen LogP contribution is -2.55. The smallest absolute Gasteiger partial charge is 0.195 e. The van der Waals surface area contributed by atoms with Gasteiger partial charge in [-0.05, 0) is 13.6 Å². The van der Waals surface area contributed by atoms with Crippen LogP contribution in [0.4, 0.5) is 0 Å². The van der Waals surface area contributed by atoms with Crippen LogP contribution in [0.15, 0.2) is 0 Å². The number of alkyl halides is 2. The average molecular weight is 313 g/mol. The molecule has 4 atom stereocenters. The lowest BCUT2D eigenvalue weighted by molar-refractivity contribution is -0.0639. The largest absolute Gasteiger partial charge is 0.401 e. The first-order chi connectivity index (χ1) is 8.58. The lowest BCUT2D eigenvalue weighted by atomic mass is 10.3. The highest BCUT2D eigenvalue weighted by molar-refractivity contribution is 6.65. The van der Waals surface area contributed by atoms with Gasteiger partial charge >= 0.3 is 0 Å². The monoisotopic (exact) mass is 312 g/mol. The summed E-state index contributed by atoms with van der Waals surface area (Å²) in [5.41, 5.74) is 0. The highest BCUT2D eigenvalue weighted by Gasteiger charge is 2.33. The molecule has 0 aromatic carbocycles. The van der Waals surface area contributed by atoms with E-state index in [0.29, 0.717) is 13.2 Å². The zero-order chi connectivity index (χ0) is 13.1. The molecule has 18 heavy (non-hydrogen) atoms. The molecule has 2 aliphatic rings. The van der Waals surface area contributed by atoms with Crippen molar-refractivity contribution in [1.29, 1.82) is 0 Å². The normalized spacial score (nSPS) is 41.3. The van der Waals surface area contributed by atoms with Crippen molar-refractivity contribution in [2.75, 3.05) is 46.4 Å². The fourth-order valence-electron chi connectivity index (χ4n) is 2.33. The SMILES string of the molecule is CN1CCN(C2COCC(Cl)C(Cl)[SiH](C)O2)CC1. The number of ether oxygens (including phenoxy) is 1. The molecule has 106 valence electrons. The molecular weight excluding hydrogens is 291 g/mol. The van der Waals surface area contributed by atoms with Gasteiger partial charge in [0.1, 0.15) is 6.23 Å². The van der Waals surface area contributed by atoms with Crippen molar-refractivity contribution in [1.82, 2.24) is 9.80 Å². The van der Waals surface area contributed by atoms with Crippen LogP contribution in [0.25, 0.3) is 0 Å². The van der Waals surface area contributed by atoms with E-state index in [1.165, 1.54) is 0 Å². The predicted octanol–water partition coefficient (Wildman–Crippen LogP) is 0.714. The molecule has 0 amide bonds. The number of hydrogen-bond donors (Lipinski definition) is 0. The minimum atomic E-state index is -1.47. The van der Waals surface area contributed by atoms with E-state index in [1.54, 1.807) is 0 Å². The van der Waals surface area contributed by atoms with Gasteiger partial charge in [-0.3, -0.25) is 4.90 Å². The lowest BCUT2D eigenvalue weighted by Gasteiger charge is -2.40. The summed E-state index contributed by atoms with van der Waals surface area (Å²) in [5, 5.41) is -0.191. The van der Waals surface area contributed by atoms with Crippen LogP contribution < -0.4 is 0 Å². The zero-order valence-electron chi connectivity index (χ0n) is 11.0. The maximum Gasteiger partial charge on any atom is 0.195 e. The molecule has 2 fully saturated rings. The number of nitrogens with zero attached hydrogens (tertiary/aromatic N) is 2. The maximum atomic E-state index is 6.32. The molecule has 4 nitrogen and oxygen atoms in total. The van der Waals surface area contributed by atoms with E-state index in [0.717, 1.165) is 26.2 Å². The summed E-state index contributed by atoms with van der Waals surface area (Å²) in [7, 11) is 0.683. The van der Waals surface area contributed by atoms with Crippen molar-refractivity contribution in [3.63, 3.8) is 0 Å². The Morgan fingerprint density at radius 1 is 1.11 bits per heavy atom. The first kappa shape index (κ1) is 15.0. The summed E-state index contributed by atoms with van der Waals surface area (Å²) in [6.45, 7) is 7.48. The minimum Gasteiger partial charge on any atom is -0.401 e. The van der Waals surface area contributed by atoms with Gasteiger partial charge in [0, 0.05) is 26.2 Å². The summed E-state index contributed by atoms with van der Waals surface area (Å²) in [5.74, 6) is 0. The highest BCUT2D eigenvalue weighted by Crippen LogP contribution is 2.20. The molecule has 0 aliphatic carbocycles. The van der Waals surface area contributed by atoms with Crippen LogP contribution in [0.5, 0.6) is 0 Å². The second-order valence-electron chi connectivity index (χ2n) is 5.13. The van der Waals surface area contributed by atoms with E-state index in [4.69, 9.17) is 32.4 Å². The van der Waals surface area contributed by atoms with Crippen molar-refractivity contribution in [2.24, 2.45) is 0 Å². The molecule has 0 N–H and O–H groups in total. The molecule has 2 heterocycles. The quantitative estimate of drug-likeness (QED) is 0.526. The first-order valence-corrected chi connectivity index (χ1v) is 9.68. The van der Waals surface area contributed by atoms with Gasteiger partial charge in [-0.2, -0.15) is 0 Å². The molecule has 0 bridgehead atoms. The van der Waals surface area contributed by atoms with Crippen LogP contribution in [0, 0.1) is 0 Å². The van der Waals surface area contributed by atoms with E-state index in [-0.39, 0.29) is 16.6 Å². The van der Waals surface area contributed by atoms with Crippen LogP contribution in [0.2, 0.25) is 6.55 Å². The van der Waals surface area contributed by atoms with Gasteiger partial charge in [-0.25, -0.2) is 0 Å². The fourth-order valence-corrected chi connectivity index (χ4v) is 4.88. The maximum absolute atomic E-state index is 6.32. The number of likely N-dealkylation sites (N-methyl/N-ethyl adjacent to an activating group) is 1. The third-order valence-electron chi connectivity index (χ3n) is 3.65. The Kier molecular flexibility index (Phi) is 5.75. The highest BCUT2D eigenvalue weighted by atomic mass is 35.5. The van der Waals surface area contributed by atoms with Crippen molar-refractivity contribution >= 4 is 32.2 Å². The Labute approximate surface area is 121 Å².